The highest BCUT2D eigenvalue weighted by Gasteiger charge is 2.14. The van der Waals surface area contributed by atoms with Gasteiger partial charge in [-0.05, 0) is 18.9 Å². The van der Waals surface area contributed by atoms with E-state index in [1.165, 1.54) is 0 Å². The molecule has 0 aliphatic heterocycles. The average Bonchev–Trinajstić information content (AvgIpc) is 2.42. The molecule has 1 aromatic rings. The number of aryl methyl sites for hydroxylation is 1. The second-order valence-electron chi connectivity index (χ2n) is 5.53. The van der Waals surface area contributed by atoms with Crippen molar-refractivity contribution in [3.8, 4) is 0 Å². The molecule has 1 atom stereocenters. The molecule has 0 bridgehead atoms. The van der Waals surface area contributed by atoms with Crippen LogP contribution in [0.2, 0.25) is 0 Å². The van der Waals surface area contributed by atoms with Crippen molar-refractivity contribution in [3.63, 3.8) is 0 Å². The molecule has 122 valence electrons. The van der Waals surface area contributed by atoms with Gasteiger partial charge in [-0.1, -0.05) is 31.2 Å². The van der Waals surface area contributed by atoms with E-state index in [0.717, 1.165) is 18.2 Å². The molecule has 1 aromatic carbocycles. The number of nitrogens with one attached hydrogen (secondary N) is 1. The smallest absolute Gasteiger partial charge is 0.220 e. The number of Topliss-reactive ketones (excluding diaryl/α,β-unsaturated/α-hetero) is 1. The predicted octanol–water partition coefficient (Wildman–Crippen LogP) is 1.76. The zero-order chi connectivity index (χ0) is 16.8. The monoisotopic (exact) mass is 325 g/mol. The molecule has 1 N–H and O–H groups in total. The molecule has 6 heteroatoms. The fourth-order valence-corrected chi connectivity index (χ4v) is 3.13. The topological polar surface area (TPSA) is 80.3 Å². The van der Waals surface area contributed by atoms with Crippen molar-refractivity contribution in [2.75, 3.05) is 12.0 Å². The predicted molar refractivity (Wildman–Crippen MR) is 86.7 cm³/mol. The van der Waals surface area contributed by atoms with Crippen LogP contribution in [-0.4, -0.2) is 38.2 Å². The van der Waals surface area contributed by atoms with Gasteiger partial charge in [-0.15, -0.1) is 0 Å². The second-order valence-corrected chi connectivity index (χ2v) is 7.72. The van der Waals surface area contributed by atoms with E-state index in [1.807, 2.05) is 19.1 Å². The normalized spacial score (nSPS) is 12.7. The Hall–Kier alpha value is -1.69. The van der Waals surface area contributed by atoms with Crippen molar-refractivity contribution in [3.05, 3.63) is 35.4 Å². The lowest BCUT2D eigenvalue weighted by molar-refractivity contribution is -0.121. The quantitative estimate of drug-likeness (QED) is 0.739. The molecule has 0 aromatic heterocycles. The molecule has 0 heterocycles. The van der Waals surface area contributed by atoms with Gasteiger partial charge < -0.3 is 5.32 Å². The van der Waals surface area contributed by atoms with Gasteiger partial charge in [0.05, 0.1) is 5.75 Å². The molecule has 0 radical (unpaired) electrons. The summed E-state index contributed by atoms with van der Waals surface area (Å²) in [6.45, 7) is 3.67. The summed E-state index contributed by atoms with van der Waals surface area (Å²) < 4.78 is 22.2. The average molecular weight is 325 g/mol. The molecular weight excluding hydrogens is 302 g/mol. The summed E-state index contributed by atoms with van der Waals surface area (Å²) >= 11 is 0. The minimum Gasteiger partial charge on any atom is -0.353 e. The number of ketones is 1. The molecular formula is C16H23NO4S. The van der Waals surface area contributed by atoms with Crippen LogP contribution in [0.3, 0.4) is 0 Å². The van der Waals surface area contributed by atoms with Crippen LogP contribution in [-0.2, 0) is 21.1 Å². The molecule has 1 rings (SSSR count). The van der Waals surface area contributed by atoms with E-state index >= 15 is 0 Å². The summed E-state index contributed by atoms with van der Waals surface area (Å²) in [5.41, 5.74) is 1.75. The first-order valence-electron chi connectivity index (χ1n) is 7.30. The van der Waals surface area contributed by atoms with Crippen molar-refractivity contribution in [2.24, 2.45) is 0 Å². The van der Waals surface area contributed by atoms with Crippen LogP contribution in [0.1, 0.15) is 42.6 Å². The fourth-order valence-electron chi connectivity index (χ4n) is 2.14. The number of sulfone groups is 1. The van der Waals surface area contributed by atoms with E-state index in [9.17, 15) is 18.0 Å². The first kappa shape index (κ1) is 18.4. The Kier molecular flexibility index (Phi) is 6.74. The molecule has 0 fully saturated rings. The molecule has 0 saturated carbocycles. The van der Waals surface area contributed by atoms with E-state index in [2.05, 4.69) is 5.32 Å². The van der Waals surface area contributed by atoms with Gasteiger partial charge in [-0.2, -0.15) is 0 Å². The van der Waals surface area contributed by atoms with Crippen molar-refractivity contribution < 1.29 is 18.0 Å². The lowest BCUT2D eigenvalue weighted by Crippen LogP contribution is -2.37. The summed E-state index contributed by atoms with van der Waals surface area (Å²) in [5.74, 6) is -0.506. The van der Waals surface area contributed by atoms with Gasteiger partial charge in [0.15, 0.2) is 5.78 Å². The molecule has 0 spiro atoms. The van der Waals surface area contributed by atoms with E-state index < -0.39 is 15.9 Å². The number of hydrogen-bond donors (Lipinski definition) is 1. The van der Waals surface area contributed by atoms with Crippen LogP contribution < -0.4 is 5.32 Å². The summed E-state index contributed by atoms with van der Waals surface area (Å²) in [6, 6.07) is 6.89. The number of hydrogen-bond acceptors (Lipinski definition) is 4. The standard InChI is InChI=1S/C16H23NO4S/c1-4-13-5-7-14(8-6-13)15(18)9-10-16(19)17-12(2)11-22(3,20)21/h5-8,12H,4,9-11H2,1-3H3,(H,17,19)/t12-/m1/s1. The van der Waals surface area contributed by atoms with E-state index in [-0.39, 0.29) is 30.3 Å². The molecule has 1 amide bonds. The highest BCUT2D eigenvalue weighted by Crippen LogP contribution is 2.09. The highest BCUT2D eigenvalue weighted by molar-refractivity contribution is 7.90. The maximum Gasteiger partial charge on any atom is 0.220 e. The van der Waals surface area contributed by atoms with E-state index in [4.69, 9.17) is 0 Å². The zero-order valence-electron chi connectivity index (χ0n) is 13.3. The summed E-state index contributed by atoms with van der Waals surface area (Å²) in [4.78, 5) is 23.7. The third-order valence-corrected chi connectivity index (χ3v) is 4.33. The lowest BCUT2D eigenvalue weighted by Gasteiger charge is -2.12. The minimum atomic E-state index is -3.13. The Morgan fingerprint density at radius 1 is 1.14 bits per heavy atom. The first-order valence-corrected chi connectivity index (χ1v) is 9.36. The summed E-state index contributed by atoms with van der Waals surface area (Å²) in [7, 11) is -3.13. The molecule has 0 aliphatic carbocycles. The molecule has 0 aliphatic rings. The van der Waals surface area contributed by atoms with Crippen molar-refractivity contribution in [1.29, 1.82) is 0 Å². The van der Waals surface area contributed by atoms with Crippen LogP contribution in [0.4, 0.5) is 0 Å². The van der Waals surface area contributed by atoms with Gasteiger partial charge in [0.2, 0.25) is 5.91 Å². The maximum absolute atomic E-state index is 12.0. The van der Waals surface area contributed by atoms with Crippen LogP contribution >= 0.6 is 0 Å². The Balaban J connectivity index is 2.44. The number of benzene rings is 1. The number of carbonyl (C=O) groups excluding carboxylic acids is 2. The Morgan fingerprint density at radius 2 is 1.73 bits per heavy atom. The van der Waals surface area contributed by atoms with Crippen molar-refractivity contribution in [1.82, 2.24) is 5.32 Å². The van der Waals surface area contributed by atoms with Crippen LogP contribution in [0.25, 0.3) is 0 Å². The first-order chi connectivity index (χ1) is 10.2. The highest BCUT2D eigenvalue weighted by atomic mass is 32.2. The second kappa shape index (κ2) is 8.08. The maximum atomic E-state index is 12.0. The molecule has 0 unspecified atom stereocenters. The zero-order valence-corrected chi connectivity index (χ0v) is 14.1. The fraction of sp³-hybridized carbons (Fsp3) is 0.500. The van der Waals surface area contributed by atoms with E-state index in [0.29, 0.717) is 5.56 Å². The van der Waals surface area contributed by atoms with Crippen LogP contribution in [0, 0.1) is 0 Å². The van der Waals surface area contributed by atoms with Gasteiger partial charge >= 0.3 is 0 Å². The summed E-state index contributed by atoms with van der Waals surface area (Å²) in [6.07, 6.45) is 2.21. The van der Waals surface area contributed by atoms with Gasteiger partial charge in [0.1, 0.15) is 9.84 Å². The molecule has 22 heavy (non-hydrogen) atoms. The number of amides is 1. The van der Waals surface area contributed by atoms with Crippen molar-refractivity contribution >= 4 is 21.5 Å². The van der Waals surface area contributed by atoms with E-state index in [1.54, 1.807) is 19.1 Å². The summed E-state index contributed by atoms with van der Waals surface area (Å²) in [5, 5.41) is 2.59. The van der Waals surface area contributed by atoms with Crippen molar-refractivity contribution in [2.45, 2.75) is 39.2 Å². The largest absolute Gasteiger partial charge is 0.353 e. The third kappa shape index (κ3) is 6.85. The minimum absolute atomic E-state index is 0.0580. The third-order valence-electron chi connectivity index (χ3n) is 3.22. The Morgan fingerprint density at radius 3 is 2.23 bits per heavy atom. The van der Waals surface area contributed by atoms with Gasteiger partial charge in [0.25, 0.3) is 0 Å². The molecule has 0 saturated heterocycles. The van der Waals surface area contributed by atoms with Crippen LogP contribution in [0.5, 0.6) is 0 Å². The number of carbonyl (C=O) groups is 2. The Labute approximate surface area is 132 Å². The Bertz CT molecular complexity index is 620. The van der Waals surface area contributed by atoms with Gasteiger partial charge in [0, 0.05) is 30.7 Å². The van der Waals surface area contributed by atoms with Gasteiger partial charge in [-0.3, -0.25) is 9.59 Å². The lowest BCUT2D eigenvalue weighted by atomic mass is 10.0. The van der Waals surface area contributed by atoms with Crippen LogP contribution in [0.15, 0.2) is 24.3 Å². The number of rotatable bonds is 8. The van der Waals surface area contributed by atoms with Gasteiger partial charge in [-0.25, -0.2) is 8.42 Å². The molecule has 5 nitrogen and oxygen atoms in total. The SMILES string of the molecule is CCc1ccc(C(=O)CCC(=O)N[C@H](C)CS(C)(=O)=O)cc1.